The molecule has 0 saturated carbocycles. The molecule has 2 aromatic rings. The van der Waals surface area contributed by atoms with Crippen LogP contribution in [0.4, 0.5) is 0 Å². The first kappa shape index (κ1) is 18.4. The molecule has 2 rings (SSSR count). The van der Waals surface area contributed by atoms with Crippen LogP contribution in [-0.2, 0) is 21.3 Å². The molecule has 0 amide bonds. The summed E-state index contributed by atoms with van der Waals surface area (Å²) in [5.41, 5.74) is 1.03. The van der Waals surface area contributed by atoms with E-state index in [0.29, 0.717) is 16.1 Å². The van der Waals surface area contributed by atoms with Crippen molar-refractivity contribution < 1.29 is 17.9 Å². The molecule has 0 heterocycles. The van der Waals surface area contributed by atoms with E-state index in [1.807, 2.05) is 0 Å². The lowest BCUT2D eigenvalue weighted by Gasteiger charge is -2.18. The molecule has 0 bridgehead atoms. The van der Waals surface area contributed by atoms with Gasteiger partial charge < -0.3 is 4.74 Å². The first-order chi connectivity index (χ1) is 11.4. The maximum absolute atomic E-state index is 12.6. The Morgan fingerprint density at radius 1 is 1.12 bits per heavy atom. The summed E-state index contributed by atoms with van der Waals surface area (Å²) in [4.78, 5) is 11.7. The lowest BCUT2D eigenvalue weighted by molar-refractivity contribution is 0.0526. The molecule has 0 spiro atoms. The quantitative estimate of drug-likeness (QED) is 0.734. The summed E-state index contributed by atoms with van der Waals surface area (Å²) in [6.45, 7) is 2.13. The second kappa shape index (κ2) is 7.79. The molecule has 0 N–H and O–H groups in total. The molecule has 0 radical (unpaired) electrons. The van der Waals surface area contributed by atoms with Gasteiger partial charge in [-0.2, -0.15) is 4.31 Å². The van der Waals surface area contributed by atoms with Gasteiger partial charge in [-0.1, -0.05) is 29.8 Å². The fourth-order valence-corrected chi connectivity index (χ4v) is 3.45. The fourth-order valence-electron chi connectivity index (χ4n) is 2.11. The minimum Gasteiger partial charge on any atom is -0.462 e. The van der Waals surface area contributed by atoms with Crippen molar-refractivity contribution in [1.29, 1.82) is 0 Å². The predicted octanol–water partition coefficient (Wildman–Crippen LogP) is 3.34. The minimum atomic E-state index is -3.69. The Labute approximate surface area is 146 Å². The van der Waals surface area contributed by atoms with Gasteiger partial charge in [0.2, 0.25) is 10.0 Å². The molecule has 128 valence electrons. The van der Waals surface area contributed by atoms with Crippen molar-refractivity contribution in [1.82, 2.24) is 4.31 Å². The van der Waals surface area contributed by atoms with E-state index in [2.05, 4.69) is 0 Å². The SMILES string of the molecule is CCOC(=O)c1ccc(S(=O)(=O)N(C)Cc2ccccc2Cl)cc1. The van der Waals surface area contributed by atoms with E-state index in [-0.39, 0.29) is 18.0 Å². The van der Waals surface area contributed by atoms with Crippen molar-refractivity contribution >= 4 is 27.6 Å². The molecule has 24 heavy (non-hydrogen) atoms. The number of rotatable bonds is 6. The predicted molar refractivity (Wildman–Crippen MR) is 92.5 cm³/mol. The lowest BCUT2D eigenvalue weighted by Crippen LogP contribution is -2.26. The van der Waals surface area contributed by atoms with E-state index in [4.69, 9.17) is 16.3 Å². The van der Waals surface area contributed by atoms with Gasteiger partial charge in [-0.05, 0) is 42.8 Å². The van der Waals surface area contributed by atoms with Gasteiger partial charge >= 0.3 is 5.97 Å². The Bertz CT molecular complexity index is 819. The van der Waals surface area contributed by atoms with Gasteiger partial charge in [0.1, 0.15) is 0 Å². The number of hydrogen-bond donors (Lipinski definition) is 0. The van der Waals surface area contributed by atoms with Crippen LogP contribution < -0.4 is 0 Å². The van der Waals surface area contributed by atoms with E-state index >= 15 is 0 Å². The highest BCUT2D eigenvalue weighted by Gasteiger charge is 2.22. The monoisotopic (exact) mass is 367 g/mol. The fraction of sp³-hybridized carbons (Fsp3) is 0.235. The summed E-state index contributed by atoms with van der Waals surface area (Å²) in [7, 11) is -2.20. The molecule has 2 aromatic carbocycles. The first-order valence-corrected chi connectivity index (χ1v) is 9.15. The van der Waals surface area contributed by atoms with Crippen molar-refractivity contribution in [2.45, 2.75) is 18.4 Å². The molecule has 0 fully saturated rings. The minimum absolute atomic E-state index is 0.102. The molecule has 0 atom stereocenters. The summed E-state index contributed by atoms with van der Waals surface area (Å²) in [6.07, 6.45) is 0. The van der Waals surface area contributed by atoms with Gasteiger partial charge in [0.15, 0.2) is 0 Å². The summed E-state index contributed by atoms with van der Waals surface area (Å²) in [5.74, 6) is -0.481. The first-order valence-electron chi connectivity index (χ1n) is 7.33. The number of hydrogen-bond acceptors (Lipinski definition) is 4. The zero-order valence-corrected chi connectivity index (χ0v) is 15.0. The van der Waals surface area contributed by atoms with E-state index in [0.717, 1.165) is 0 Å². The third kappa shape index (κ3) is 4.14. The van der Waals surface area contributed by atoms with Crippen LogP contribution in [0.1, 0.15) is 22.8 Å². The zero-order chi connectivity index (χ0) is 17.7. The number of carbonyl (C=O) groups is 1. The van der Waals surface area contributed by atoms with Gasteiger partial charge in [-0.3, -0.25) is 0 Å². The molecule has 0 aromatic heterocycles. The number of benzene rings is 2. The average Bonchev–Trinajstić information content (AvgIpc) is 2.57. The van der Waals surface area contributed by atoms with Gasteiger partial charge in [-0.25, -0.2) is 13.2 Å². The Morgan fingerprint density at radius 3 is 2.33 bits per heavy atom. The zero-order valence-electron chi connectivity index (χ0n) is 13.4. The van der Waals surface area contributed by atoms with E-state index < -0.39 is 16.0 Å². The highest BCUT2D eigenvalue weighted by Crippen LogP contribution is 2.21. The van der Waals surface area contributed by atoms with Gasteiger partial charge in [0.25, 0.3) is 0 Å². The van der Waals surface area contributed by atoms with Crippen molar-refractivity contribution in [2.24, 2.45) is 0 Å². The summed E-state index contributed by atoms with van der Waals surface area (Å²) in [6, 6.07) is 12.7. The Morgan fingerprint density at radius 2 is 1.75 bits per heavy atom. The number of nitrogens with zero attached hydrogens (tertiary/aromatic N) is 1. The maximum atomic E-state index is 12.6. The molecule has 0 saturated heterocycles. The van der Waals surface area contributed by atoms with Gasteiger partial charge in [0, 0.05) is 18.6 Å². The average molecular weight is 368 g/mol. The van der Waals surface area contributed by atoms with E-state index in [9.17, 15) is 13.2 Å². The summed E-state index contributed by atoms with van der Waals surface area (Å²) < 4.78 is 31.3. The van der Waals surface area contributed by atoms with E-state index in [1.165, 1.54) is 35.6 Å². The van der Waals surface area contributed by atoms with Crippen molar-refractivity contribution in [3.63, 3.8) is 0 Å². The highest BCUT2D eigenvalue weighted by atomic mass is 35.5. The molecular weight excluding hydrogens is 350 g/mol. The normalized spacial score (nSPS) is 11.5. The third-order valence-corrected chi connectivity index (χ3v) is 5.61. The molecule has 0 aliphatic carbocycles. The topological polar surface area (TPSA) is 63.7 Å². The lowest BCUT2D eigenvalue weighted by atomic mass is 10.2. The largest absolute Gasteiger partial charge is 0.462 e. The van der Waals surface area contributed by atoms with Crippen LogP contribution in [0, 0.1) is 0 Å². The van der Waals surface area contributed by atoms with Crippen LogP contribution in [0.25, 0.3) is 0 Å². The number of esters is 1. The second-order valence-electron chi connectivity index (χ2n) is 5.10. The van der Waals surface area contributed by atoms with Gasteiger partial charge in [0.05, 0.1) is 17.1 Å². The Balaban J connectivity index is 2.20. The van der Waals surface area contributed by atoms with Crippen molar-refractivity contribution in [3.05, 3.63) is 64.7 Å². The molecule has 7 heteroatoms. The molecular formula is C17H18ClNO4S. The number of sulfonamides is 1. The maximum Gasteiger partial charge on any atom is 0.338 e. The number of ether oxygens (including phenoxy) is 1. The van der Waals surface area contributed by atoms with Crippen molar-refractivity contribution in [3.8, 4) is 0 Å². The number of halogens is 1. The smallest absolute Gasteiger partial charge is 0.338 e. The van der Waals surface area contributed by atoms with Crippen LogP contribution in [0.2, 0.25) is 5.02 Å². The summed E-state index contributed by atoms with van der Waals surface area (Å²) in [5, 5.41) is 0.511. The van der Waals surface area contributed by atoms with Crippen LogP contribution in [0.3, 0.4) is 0 Å². The Kier molecular flexibility index (Phi) is 5.99. The van der Waals surface area contributed by atoms with Crippen LogP contribution in [0.5, 0.6) is 0 Å². The van der Waals surface area contributed by atoms with Crippen LogP contribution in [-0.4, -0.2) is 32.3 Å². The van der Waals surface area contributed by atoms with E-state index in [1.54, 1.807) is 31.2 Å². The standard InChI is InChI=1S/C17H18ClNO4S/c1-3-23-17(20)13-8-10-15(11-9-13)24(21,22)19(2)12-14-6-4-5-7-16(14)18/h4-11H,3,12H2,1-2H3. The third-order valence-electron chi connectivity index (χ3n) is 3.42. The van der Waals surface area contributed by atoms with Gasteiger partial charge in [-0.15, -0.1) is 0 Å². The molecule has 0 unspecified atom stereocenters. The highest BCUT2D eigenvalue weighted by molar-refractivity contribution is 7.89. The van der Waals surface area contributed by atoms with Crippen molar-refractivity contribution in [2.75, 3.05) is 13.7 Å². The number of carbonyl (C=O) groups excluding carboxylic acids is 1. The Hall–Kier alpha value is -1.89. The molecule has 5 nitrogen and oxygen atoms in total. The second-order valence-corrected chi connectivity index (χ2v) is 7.55. The summed E-state index contributed by atoms with van der Waals surface area (Å²) >= 11 is 6.08. The van der Waals surface area contributed by atoms with Crippen LogP contribution in [0.15, 0.2) is 53.4 Å². The van der Waals surface area contributed by atoms with Crippen LogP contribution >= 0.6 is 11.6 Å². The molecule has 0 aliphatic heterocycles. The molecule has 0 aliphatic rings.